The number of rotatable bonds is 7. The molecule has 0 fully saturated rings. The summed E-state index contributed by atoms with van der Waals surface area (Å²) in [5.41, 5.74) is 2.72. The fourth-order valence-corrected chi connectivity index (χ4v) is 3.78. The van der Waals surface area contributed by atoms with E-state index in [1.165, 1.54) is 10.6 Å². The number of hydrogen-bond acceptors (Lipinski definition) is 6. The van der Waals surface area contributed by atoms with Crippen molar-refractivity contribution >= 4 is 29.0 Å². The van der Waals surface area contributed by atoms with Crippen molar-refractivity contribution in [3.63, 3.8) is 0 Å². The van der Waals surface area contributed by atoms with Crippen LogP contribution in [0.15, 0.2) is 74.9 Å². The molecule has 0 unspecified atom stereocenters. The zero-order chi connectivity index (χ0) is 21.8. The molecule has 1 amide bonds. The van der Waals surface area contributed by atoms with Crippen LogP contribution < -0.4 is 15.6 Å². The van der Waals surface area contributed by atoms with Gasteiger partial charge in [-0.05, 0) is 55.8 Å². The monoisotopic (exact) mass is 435 g/mol. The standard InChI is InChI=1S/C23H21N3O4S/c1-15-4-3-5-19(10-15)29-13-22(27)25-17-6-8-20(9-7-17)31-14-18-12-23(28)26-21(24-18)11-16(2)30-26/h3-12H,13-14H2,1-2H3,(H,25,27). The molecule has 0 aliphatic heterocycles. The second-order valence-corrected chi connectivity index (χ2v) is 8.10. The highest BCUT2D eigenvalue weighted by Crippen LogP contribution is 2.23. The van der Waals surface area contributed by atoms with Crippen LogP contribution in [0, 0.1) is 13.8 Å². The topological polar surface area (TPSA) is 85.8 Å². The smallest absolute Gasteiger partial charge is 0.287 e. The van der Waals surface area contributed by atoms with Gasteiger partial charge in [-0.2, -0.15) is 0 Å². The molecule has 2 aromatic carbocycles. The molecule has 1 N–H and O–H groups in total. The summed E-state index contributed by atoms with van der Waals surface area (Å²) in [4.78, 5) is 29.7. The molecule has 4 rings (SSSR count). The van der Waals surface area contributed by atoms with E-state index in [0.717, 1.165) is 10.5 Å². The summed E-state index contributed by atoms with van der Waals surface area (Å²) in [7, 11) is 0. The van der Waals surface area contributed by atoms with E-state index in [4.69, 9.17) is 9.26 Å². The first kappa shape index (κ1) is 20.7. The van der Waals surface area contributed by atoms with Crippen LogP contribution in [-0.2, 0) is 10.5 Å². The van der Waals surface area contributed by atoms with Gasteiger partial charge < -0.3 is 14.6 Å². The summed E-state index contributed by atoms with van der Waals surface area (Å²) in [6, 6.07) is 18.3. The van der Waals surface area contributed by atoms with Crippen LogP contribution in [0.3, 0.4) is 0 Å². The fraction of sp³-hybridized carbons (Fsp3) is 0.174. The van der Waals surface area contributed by atoms with Gasteiger partial charge in [0.15, 0.2) is 12.3 Å². The second-order valence-electron chi connectivity index (χ2n) is 7.05. The van der Waals surface area contributed by atoms with E-state index in [9.17, 15) is 9.59 Å². The van der Waals surface area contributed by atoms with E-state index in [-0.39, 0.29) is 18.1 Å². The minimum Gasteiger partial charge on any atom is -0.484 e. The highest BCUT2D eigenvalue weighted by atomic mass is 32.2. The molecule has 7 nitrogen and oxygen atoms in total. The van der Waals surface area contributed by atoms with Gasteiger partial charge >= 0.3 is 0 Å². The lowest BCUT2D eigenvalue weighted by atomic mass is 10.2. The zero-order valence-corrected chi connectivity index (χ0v) is 17.9. The normalized spacial score (nSPS) is 10.9. The third-order valence-electron chi connectivity index (χ3n) is 4.41. The Hall–Kier alpha value is -3.52. The molecule has 0 aliphatic rings. The van der Waals surface area contributed by atoms with E-state index in [1.807, 2.05) is 55.5 Å². The Kier molecular flexibility index (Phi) is 6.08. The molecule has 0 radical (unpaired) electrons. The first-order chi connectivity index (χ1) is 15.0. The number of aromatic nitrogens is 2. The molecule has 0 saturated carbocycles. The molecule has 31 heavy (non-hydrogen) atoms. The van der Waals surface area contributed by atoms with E-state index < -0.39 is 0 Å². The van der Waals surface area contributed by atoms with Crippen molar-refractivity contribution in [3.8, 4) is 5.75 Å². The number of nitrogens with one attached hydrogen (secondary N) is 1. The molecule has 4 aromatic rings. The van der Waals surface area contributed by atoms with Gasteiger partial charge in [-0.1, -0.05) is 12.1 Å². The molecule has 2 heterocycles. The van der Waals surface area contributed by atoms with Crippen LogP contribution in [0.2, 0.25) is 0 Å². The number of aryl methyl sites for hydroxylation is 2. The third-order valence-corrected chi connectivity index (χ3v) is 5.45. The first-order valence-corrected chi connectivity index (χ1v) is 10.7. The van der Waals surface area contributed by atoms with E-state index in [2.05, 4.69) is 10.3 Å². The van der Waals surface area contributed by atoms with Crippen LogP contribution >= 0.6 is 11.8 Å². The molecule has 0 atom stereocenters. The summed E-state index contributed by atoms with van der Waals surface area (Å²) in [6.07, 6.45) is 0. The van der Waals surface area contributed by atoms with E-state index in [0.29, 0.717) is 34.3 Å². The molecular weight excluding hydrogens is 414 g/mol. The van der Waals surface area contributed by atoms with Gasteiger partial charge in [0.25, 0.3) is 11.5 Å². The number of nitrogens with zero attached hydrogens (tertiary/aromatic N) is 2. The van der Waals surface area contributed by atoms with Crippen LogP contribution in [0.25, 0.3) is 5.65 Å². The van der Waals surface area contributed by atoms with E-state index >= 15 is 0 Å². The van der Waals surface area contributed by atoms with Crippen LogP contribution in [0.5, 0.6) is 5.75 Å². The first-order valence-electron chi connectivity index (χ1n) is 9.68. The van der Waals surface area contributed by atoms with Crippen molar-refractivity contribution < 1.29 is 14.1 Å². The van der Waals surface area contributed by atoms with Gasteiger partial charge in [-0.25, -0.2) is 4.98 Å². The number of thioether (sulfide) groups is 1. The summed E-state index contributed by atoms with van der Waals surface area (Å²) in [6.45, 7) is 3.69. The Morgan fingerprint density at radius 2 is 1.94 bits per heavy atom. The quantitative estimate of drug-likeness (QED) is 0.438. The molecule has 0 spiro atoms. The SMILES string of the molecule is Cc1cccc(OCC(=O)Nc2ccc(SCc3cc(=O)n4oc(C)cc4n3)cc2)c1. The largest absolute Gasteiger partial charge is 0.484 e. The van der Waals surface area contributed by atoms with Crippen molar-refractivity contribution in [1.82, 2.24) is 9.56 Å². The molecular formula is C23H21N3O4S. The van der Waals surface area contributed by atoms with Crippen molar-refractivity contribution in [2.75, 3.05) is 11.9 Å². The maximum atomic E-state index is 12.1. The summed E-state index contributed by atoms with van der Waals surface area (Å²) >= 11 is 1.56. The zero-order valence-electron chi connectivity index (χ0n) is 17.1. The summed E-state index contributed by atoms with van der Waals surface area (Å²) in [5, 5.41) is 2.82. The number of fused-ring (bicyclic) bond motifs is 1. The van der Waals surface area contributed by atoms with Crippen molar-refractivity contribution in [1.29, 1.82) is 0 Å². The van der Waals surface area contributed by atoms with Crippen molar-refractivity contribution in [3.05, 3.63) is 88.0 Å². The van der Waals surface area contributed by atoms with Gasteiger partial charge in [0.1, 0.15) is 11.5 Å². The number of hydrogen-bond donors (Lipinski definition) is 1. The van der Waals surface area contributed by atoms with Gasteiger partial charge in [0.05, 0.1) is 5.69 Å². The van der Waals surface area contributed by atoms with Gasteiger partial charge in [0.2, 0.25) is 0 Å². The van der Waals surface area contributed by atoms with Gasteiger partial charge in [-0.15, -0.1) is 16.3 Å². The molecule has 8 heteroatoms. The van der Waals surface area contributed by atoms with Crippen LogP contribution in [-0.4, -0.2) is 22.1 Å². The predicted molar refractivity (Wildman–Crippen MR) is 120 cm³/mol. The minimum atomic E-state index is -0.236. The lowest BCUT2D eigenvalue weighted by molar-refractivity contribution is -0.118. The Balaban J connectivity index is 1.31. The maximum Gasteiger partial charge on any atom is 0.287 e. The number of carbonyl (C=O) groups is 1. The second kappa shape index (κ2) is 9.09. The number of ether oxygens (including phenoxy) is 1. The summed E-state index contributed by atoms with van der Waals surface area (Å²) < 4.78 is 12.0. The molecule has 0 saturated heterocycles. The fourth-order valence-electron chi connectivity index (χ4n) is 2.99. The molecule has 158 valence electrons. The van der Waals surface area contributed by atoms with E-state index in [1.54, 1.807) is 24.8 Å². The van der Waals surface area contributed by atoms with Gasteiger partial charge in [-0.3, -0.25) is 9.59 Å². The summed E-state index contributed by atoms with van der Waals surface area (Å²) in [5.74, 6) is 1.62. The highest BCUT2D eigenvalue weighted by Gasteiger charge is 2.08. The van der Waals surface area contributed by atoms with Crippen molar-refractivity contribution in [2.24, 2.45) is 0 Å². The van der Waals surface area contributed by atoms with Crippen LogP contribution in [0.1, 0.15) is 17.0 Å². The molecule has 0 bridgehead atoms. The number of benzene rings is 2. The van der Waals surface area contributed by atoms with Crippen LogP contribution in [0.4, 0.5) is 5.69 Å². The average molecular weight is 436 g/mol. The molecule has 2 aromatic heterocycles. The predicted octanol–water partition coefficient (Wildman–Crippen LogP) is 4.21. The minimum absolute atomic E-state index is 0.0584. The highest BCUT2D eigenvalue weighted by molar-refractivity contribution is 7.98. The Morgan fingerprint density at radius 3 is 2.71 bits per heavy atom. The Labute approximate surface area is 183 Å². The Morgan fingerprint density at radius 1 is 1.13 bits per heavy atom. The lowest BCUT2D eigenvalue weighted by Gasteiger charge is -2.09. The number of amides is 1. The number of anilines is 1. The average Bonchev–Trinajstić information content (AvgIpc) is 3.13. The van der Waals surface area contributed by atoms with Gasteiger partial charge in [0, 0.05) is 28.5 Å². The van der Waals surface area contributed by atoms with Crippen molar-refractivity contribution in [2.45, 2.75) is 24.5 Å². The molecule has 0 aliphatic carbocycles. The lowest BCUT2D eigenvalue weighted by Crippen LogP contribution is -2.20. The number of carbonyl (C=O) groups excluding carboxylic acids is 1. The maximum absolute atomic E-state index is 12.1. The Bertz CT molecular complexity index is 1280. The third kappa shape index (κ3) is 5.35.